The third-order valence-corrected chi connectivity index (χ3v) is 4.66. The number of carbonyl (C=O) groups excluding carboxylic acids is 1. The highest BCUT2D eigenvalue weighted by molar-refractivity contribution is 5.92. The molecule has 0 bridgehead atoms. The normalized spacial score (nSPS) is 14.0. The van der Waals surface area contributed by atoms with Gasteiger partial charge in [-0.05, 0) is 41.8 Å². The predicted octanol–water partition coefficient (Wildman–Crippen LogP) is 3.20. The first-order chi connectivity index (χ1) is 12.2. The van der Waals surface area contributed by atoms with Crippen LogP contribution in [0.25, 0.3) is 17.0 Å². The highest BCUT2D eigenvalue weighted by Crippen LogP contribution is 2.27. The lowest BCUT2D eigenvalue weighted by atomic mass is 10.0. The average Bonchev–Trinajstić information content (AvgIpc) is 3.04. The fraction of sp³-hybridized carbons (Fsp3) is 0.200. The SMILES string of the molecule is CNc1ccc(/C=C/C(=O)N2CCc3c([nH]c4ccccc34)C2)cn1. The van der Waals surface area contributed by atoms with Crippen molar-refractivity contribution in [3.8, 4) is 0 Å². The summed E-state index contributed by atoms with van der Waals surface area (Å²) in [5.74, 6) is 0.841. The van der Waals surface area contributed by atoms with Gasteiger partial charge in [0.25, 0.3) is 0 Å². The molecule has 0 unspecified atom stereocenters. The van der Waals surface area contributed by atoms with E-state index in [4.69, 9.17) is 0 Å². The summed E-state index contributed by atoms with van der Waals surface area (Å²) in [6, 6.07) is 12.1. The zero-order valence-corrected chi connectivity index (χ0v) is 14.1. The molecule has 1 aromatic carbocycles. The van der Waals surface area contributed by atoms with Crippen molar-refractivity contribution in [1.29, 1.82) is 0 Å². The average molecular weight is 332 g/mol. The van der Waals surface area contributed by atoms with Crippen LogP contribution < -0.4 is 5.32 Å². The van der Waals surface area contributed by atoms with Crippen LogP contribution in [0.4, 0.5) is 5.82 Å². The van der Waals surface area contributed by atoms with Crippen LogP contribution in [0.2, 0.25) is 0 Å². The molecule has 0 fully saturated rings. The summed E-state index contributed by atoms with van der Waals surface area (Å²) in [5.41, 5.74) is 4.55. The second kappa shape index (κ2) is 6.43. The quantitative estimate of drug-likeness (QED) is 0.724. The lowest BCUT2D eigenvalue weighted by Crippen LogP contribution is -2.34. The Morgan fingerprint density at radius 3 is 2.96 bits per heavy atom. The van der Waals surface area contributed by atoms with Crippen molar-refractivity contribution < 1.29 is 4.79 Å². The van der Waals surface area contributed by atoms with E-state index < -0.39 is 0 Å². The Hall–Kier alpha value is -3.08. The summed E-state index contributed by atoms with van der Waals surface area (Å²) in [5, 5.41) is 4.25. The van der Waals surface area contributed by atoms with E-state index in [9.17, 15) is 4.79 Å². The lowest BCUT2D eigenvalue weighted by molar-refractivity contribution is -0.126. The van der Waals surface area contributed by atoms with E-state index in [1.54, 1.807) is 12.3 Å². The van der Waals surface area contributed by atoms with Gasteiger partial charge in [-0.25, -0.2) is 4.98 Å². The maximum absolute atomic E-state index is 12.5. The number of hydrogen-bond donors (Lipinski definition) is 2. The van der Waals surface area contributed by atoms with Gasteiger partial charge in [0.05, 0.1) is 6.54 Å². The second-order valence-corrected chi connectivity index (χ2v) is 6.20. The van der Waals surface area contributed by atoms with E-state index in [1.807, 2.05) is 36.2 Å². The smallest absolute Gasteiger partial charge is 0.246 e. The number of benzene rings is 1. The summed E-state index contributed by atoms with van der Waals surface area (Å²) in [6.07, 6.45) is 6.08. The first kappa shape index (κ1) is 15.4. The topological polar surface area (TPSA) is 61.0 Å². The van der Waals surface area contributed by atoms with Crippen LogP contribution in [-0.2, 0) is 17.8 Å². The third-order valence-electron chi connectivity index (χ3n) is 4.66. The van der Waals surface area contributed by atoms with E-state index in [2.05, 4.69) is 33.5 Å². The number of carbonyl (C=O) groups is 1. The molecule has 0 radical (unpaired) electrons. The van der Waals surface area contributed by atoms with Crippen LogP contribution in [0.5, 0.6) is 0 Å². The van der Waals surface area contributed by atoms with Crippen molar-refractivity contribution in [3.05, 3.63) is 65.5 Å². The fourth-order valence-corrected chi connectivity index (χ4v) is 3.31. The number of aromatic nitrogens is 2. The number of nitrogens with one attached hydrogen (secondary N) is 2. The number of fused-ring (bicyclic) bond motifs is 3. The molecule has 0 aliphatic carbocycles. The van der Waals surface area contributed by atoms with Gasteiger partial charge in [-0.2, -0.15) is 0 Å². The number of hydrogen-bond acceptors (Lipinski definition) is 3. The summed E-state index contributed by atoms with van der Waals surface area (Å²) < 4.78 is 0. The van der Waals surface area contributed by atoms with Crippen molar-refractivity contribution in [2.24, 2.45) is 0 Å². The summed E-state index contributed by atoms with van der Waals surface area (Å²) in [6.45, 7) is 1.37. The van der Waals surface area contributed by atoms with Gasteiger partial charge >= 0.3 is 0 Å². The number of aromatic amines is 1. The Morgan fingerprint density at radius 1 is 1.28 bits per heavy atom. The molecule has 0 saturated carbocycles. The van der Waals surface area contributed by atoms with Crippen molar-refractivity contribution >= 4 is 28.7 Å². The molecule has 3 heterocycles. The zero-order valence-electron chi connectivity index (χ0n) is 14.1. The maximum atomic E-state index is 12.5. The van der Waals surface area contributed by atoms with Gasteiger partial charge < -0.3 is 15.2 Å². The number of rotatable bonds is 3. The van der Waals surface area contributed by atoms with Gasteiger partial charge in [-0.15, -0.1) is 0 Å². The van der Waals surface area contributed by atoms with Crippen LogP contribution in [0.1, 0.15) is 16.8 Å². The highest BCUT2D eigenvalue weighted by Gasteiger charge is 2.22. The van der Waals surface area contributed by atoms with Crippen molar-refractivity contribution in [3.63, 3.8) is 0 Å². The van der Waals surface area contributed by atoms with Gasteiger partial charge in [0.1, 0.15) is 5.82 Å². The molecule has 4 rings (SSSR count). The van der Waals surface area contributed by atoms with Crippen LogP contribution in [0.15, 0.2) is 48.7 Å². The Bertz CT molecular complexity index is 940. The molecular formula is C20H20N4O. The van der Waals surface area contributed by atoms with E-state index in [1.165, 1.54) is 10.9 Å². The highest BCUT2D eigenvalue weighted by atomic mass is 16.2. The molecule has 1 aliphatic rings. The largest absolute Gasteiger partial charge is 0.373 e. The molecule has 1 aliphatic heterocycles. The monoisotopic (exact) mass is 332 g/mol. The standard InChI is InChI=1S/C20H20N4O/c1-21-19-8-6-14(12-22-19)7-9-20(25)24-11-10-16-15-4-2-3-5-17(15)23-18(16)13-24/h2-9,12,23H,10-11,13H2,1H3,(H,21,22)/b9-7+. The minimum atomic E-state index is 0.0296. The van der Waals surface area contributed by atoms with Crippen molar-refractivity contribution in [1.82, 2.24) is 14.9 Å². The first-order valence-electron chi connectivity index (χ1n) is 8.44. The van der Waals surface area contributed by atoms with Crippen LogP contribution in [0, 0.1) is 0 Å². The van der Waals surface area contributed by atoms with Crippen LogP contribution in [0.3, 0.4) is 0 Å². The Labute approximate surface area is 146 Å². The molecule has 0 saturated heterocycles. The van der Waals surface area contributed by atoms with E-state index >= 15 is 0 Å². The molecule has 5 heteroatoms. The number of para-hydroxylation sites is 1. The fourth-order valence-electron chi connectivity index (χ4n) is 3.31. The van der Waals surface area contributed by atoms with E-state index in [-0.39, 0.29) is 5.91 Å². The Kier molecular flexibility index (Phi) is 3.98. The molecule has 25 heavy (non-hydrogen) atoms. The third kappa shape index (κ3) is 3.01. The number of amides is 1. The summed E-state index contributed by atoms with van der Waals surface area (Å²) >= 11 is 0. The maximum Gasteiger partial charge on any atom is 0.246 e. The number of pyridine rings is 1. The Balaban J connectivity index is 1.48. The number of nitrogens with zero attached hydrogens (tertiary/aromatic N) is 2. The zero-order chi connectivity index (χ0) is 17.2. The van der Waals surface area contributed by atoms with Gasteiger partial charge in [-0.1, -0.05) is 18.2 Å². The van der Waals surface area contributed by atoms with Crippen molar-refractivity contribution in [2.45, 2.75) is 13.0 Å². The van der Waals surface area contributed by atoms with Gasteiger partial charge in [-0.3, -0.25) is 4.79 Å². The molecule has 1 amide bonds. The van der Waals surface area contributed by atoms with Gasteiger partial charge in [0.15, 0.2) is 0 Å². The summed E-state index contributed by atoms with van der Waals surface area (Å²) in [7, 11) is 1.83. The molecule has 126 valence electrons. The molecule has 2 aromatic heterocycles. The molecule has 3 aromatic rings. The number of H-pyrrole nitrogens is 1. The molecule has 0 spiro atoms. The summed E-state index contributed by atoms with van der Waals surface area (Å²) in [4.78, 5) is 22.1. The Morgan fingerprint density at radius 2 is 2.16 bits per heavy atom. The van der Waals surface area contributed by atoms with Gasteiger partial charge in [0.2, 0.25) is 5.91 Å². The second-order valence-electron chi connectivity index (χ2n) is 6.20. The number of anilines is 1. The minimum absolute atomic E-state index is 0.0296. The predicted molar refractivity (Wildman–Crippen MR) is 100 cm³/mol. The molecule has 0 atom stereocenters. The molecular weight excluding hydrogens is 312 g/mol. The first-order valence-corrected chi connectivity index (χ1v) is 8.44. The van der Waals surface area contributed by atoms with Crippen LogP contribution >= 0.6 is 0 Å². The van der Waals surface area contributed by atoms with E-state index in [0.717, 1.165) is 35.6 Å². The van der Waals surface area contributed by atoms with Crippen LogP contribution in [-0.4, -0.2) is 34.4 Å². The molecule has 5 nitrogen and oxygen atoms in total. The minimum Gasteiger partial charge on any atom is -0.373 e. The van der Waals surface area contributed by atoms with Crippen molar-refractivity contribution in [2.75, 3.05) is 18.9 Å². The lowest BCUT2D eigenvalue weighted by Gasteiger charge is -2.26. The molecule has 2 N–H and O–H groups in total. The van der Waals surface area contributed by atoms with E-state index in [0.29, 0.717) is 6.54 Å². The van der Waals surface area contributed by atoms with Gasteiger partial charge in [0, 0.05) is 42.5 Å².